The molecule has 1 fully saturated rings. The van der Waals surface area contributed by atoms with Crippen molar-refractivity contribution in [2.45, 2.75) is 45.1 Å². The first-order valence-electron chi connectivity index (χ1n) is 10.2. The molecule has 1 aliphatic heterocycles. The van der Waals surface area contributed by atoms with Crippen molar-refractivity contribution in [3.63, 3.8) is 0 Å². The van der Waals surface area contributed by atoms with Gasteiger partial charge in [-0.25, -0.2) is 0 Å². The molecule has 5 nitrogen and oxygen atoms in total. The van der Waals surface area contributed by atoms with E-state index in [9.17, 15) is 14.9 Å². The summed E-state index contributed by atoms with van der Waals surface area (Å²) in [6.07, 6.45) is 6.17. The van der Waals surface area contributed by atoms with Crippen molar-refractivity contribution in [3.8, 4) is 17.4 Å². The molecule has 1 aliphatic carbocycles. The third kappa shape index (κ3) is 4.06. The molecule has 158 valence electrons. The van der Waals surface area contributed by atoms with Gasteiger partial charge in [-0.2, -0.15) is 5.26 Å². The Balaban J connectivity index is 1.72. The van der Waals surface area contributed by atoms with E-state index in [1.54, 1.807) is 43.3 Å². The highest BCUT2D eigenvalue weighted by Gasteiger charge is 2.40. The van der Waals surface area contributed by atoms with Crippen molar-refractivity contribution >= 4 is 41.1 Å². The Labute approximate surface area is 190 Å². The van der Waals surface area contributed by atoms with Crippen LogP contribution in [-0.4, -0.2) is 22.8 Å². The summed E-state index contributed by atoms with van der Waals surface area (Å²) in [4.78, 5) is 27.4. The van der Waals surface area contributed by atoms with Gasteiger partial charge in [0.25, 0.3) is 11.8 Å². The van der Waals surface area contributed by atoms with Crippen LogP contribution in [0.5, 0.6) is 0 Å². The quantitative estimate of drug-likeness (QED) is 0.409. The molecule has 1 aromatic heterocycles. The van der Waals surface area contributed by atoms with Crippen molar-refractivity contribution < 1.29 is 14.0 Å². The van der Waals surface area contributed by atoms with Gasteiger partial charge < -0.3 is 4.42 Å². The van der Waals surface area contributed by atoms with Crippen LogP contribution >= 0.6 is 23.2 Å². The molecule has 4 rings (SSSR count). The molecular weight excluding hydrogens is 435 g/mol. The molecule has 0 bridgehead atoms. The molecule has 2 aromatic rings. The minimum Gasteiger partial charge on any atom is -0.457 e. The number of carbonyl (C=O) groups is 2. The van der Waals surface area contributed by atoms with E-state index < -0.39 is 5.91 Å². The van der Waals surface area contributed by atoms with Crippen molar-refractivity contribution in [1.29, 1.82) is 5.26 Å². The Morgan fingerprint density at radius 1 is 1.06 bits per heavy atom. The summed E-state index contributed by atoms with van der Waals surface area (Å²) >= 11 is 12.1. The SMILES string of the molecule is CC1=C(C#N)C(=O)N(C2CCCCC2)C(=O)/C1=C/c1ccc(-c2ccc(Cl)c(Cl)c2)o1. The number of hydrogen-bond donors (Lipinski definition) is 0. The van der Waals surface area contributed by atoms with Crippen molar-refractivity contribution in [2.24, 2.45) is 0 Å². The Bertz CT molecular complexity index is 1160. The summed E-state index contributed by atoms with van der Waals surface area (Å²) in [5.74, 6) is 0.140. The van der Waals surface area contributed by atoms with Crippen molar-refractivity contribution in [3.05, 3.63) is 62.9 Å². The summed E-state index contributed by atoms with van der Waals surface area (Å²) in [5, 5.41) is 10.4. The number of rotatable bonds is 3. The molecule has 0 radical (unpaired) electrons. The van der Waals surface area contributed by atoms with Gasteiger partial charge in [-0.3, -0.25) is 14.5 Å². The topological polar surface area (TPSA) is 74.3 Å². The molecule has 2 amide bonds. The standard InChI is InChI=1S/C24H20Cl2N2O3/c1-14-18(12-17-8-10-22(31-17)15-7-9-20(25)21(26)11-15)23(29)28(24(30)19(14)13-27)16-5-3-2-4-6-16/h7-12,16H,2-6H2,1H3/b18-12+. The molecule has 0 atom stereocenters. The van der Waals surface area contributed by atoms with Crippen LogP contribution in [0.2, 0.25) is 10.0 Å². The fourth-order valence-corrected chi connectivity index (χ4v) is 4.45. The molecule has 0 unspecified atom stereocenters. The van der Waals surface area contributed by atoms with Crippen LogP contribution in [0.3, 0.4) is 0 Å². The highest BCUT2D eigenvalue weighted by molar-refractivity contribution is 6.42. The third-order valence-corrected chi connectivity index (χ3v) is 6.57. The molecule has 0 N–H and O–H groups in total. The number of carbonyl (C=O) groups excluding carboxylic acids is 2. The minimum atomic E-state index is -0.495. The second-order valence-corrected chi connectivity index (χ2v) is 8.59. The zero-order valence-electron chi connectivity index (χ0n) is 17.0. The van der Waals surface area contributed by atoms with E-state index in [0.717, 1.165) is 37.7 Å². The molecule has 2 heterocycles. The van der Waals surface area contributed by atoms with Gasteiger partial charge in [0.05, 0.1) is 10.0 Å². The molecule has 31 heavy (non-hydrogen) atoms. The summed E-state index contributed by atoms with van der Waals surface area (Å²) in [6, 6.07) is 10.5. The first-order valence-corrected chi connectivity index (χ1v) is 10.9. The Morgan fingerprint density at radius 3 is 2.48 bits per heavy atom. The van der Waals surface area contributed by atoms with Crippen LogP contribution < -0.4 is 0 Å². The minimum absolute atomic E-state index is 0.00712. The van der Waals surface area contributed by atoms with Gasteiger partial charge in [0.15, 0.2) is 0 Å². The number of amides is 2. The van der Waals surface area contributed by atoms with E-state index >= 15 is 0 Å². The number of nitrogens with zero attached hydrogens (tertiary/aromatic N) is 2. The second kappa shape index (κ2) is 8.74. The second-order valence-electron chi connectivity index (χ2n) is 7.77. The average Bonchev–Trinajstić information content (AvgIpc) is 3.23. The van der Waals surface area contributed by atoms with Crippen LogP contribution in [0.15, 0.2) is 51.5 Å². The maximum atomic E-state index is 13.3. The monoisotopic (exact) mass is 454 g/mol. The van der Waals surface area contributed by atoms with Gasteiger partial charge in [-0.15, -0.1) is 0 Å². The van der Waals surface area contributed by atoms with E-state index in [4.69, 9.17) is 27.6 Å². The lowest BCUT2D eigenvalue weighted by molar-refractivity contribution is -0.143. The number of furan rings is 1. The summed E-state index contributed by atoms with van der Waals surface area (Å²) in [7, 11) is 0. The summed E-state index contributed by atoms with van der Waals surface area (Å²) in [6.45, 7) is 1.63. The van der Waals surface area contributed by atoms with Crippen LogP contribution in [0, 0.1) is 11.3 Å². The third-order valence-electron chi connectivity index (χ3n) is 5.83. The van der Waals surface area contributed by atoms with Gasteiger partial charge in [0, 0.05) is 17.2 Å². The molecule has 0 saturated heterocycles. The van der Waals surface area contributed by atoms with Crippen LogP contribution in [0.25, 0.3) is 17.4 Å². The molecule has 1 aromatic carbocycles. The smallest absolute Gasteiger partial charge is 0.271 e. The number of benzene rings is 1. The Kier molecular flexibility index (Phi) is 6.04. The van der Waals surface area contributed by atoms with Gasteiger partial charge in [0.2, 0.25) is 0 Å². The van der Waals surface area contributed by atoms with Gasteiger partial charge >= 0.3 is 0 Å². The number of hydrogen-bond acceptors (Lipinski definition) is 4. The fraction of sp³-hybridized carbons (Fsp3) is 0.292. The first-order chi connectivity index (χ1) is 14.9. The van der Waals surface area contributed by atoms with Gasteiger partial charge in [-0.1, -0.05) is 42.5 Å². The Hall–Kier alpha value is -2.81. The number of nitriles is 1. The fourth-order valence-electron chi connectivity index (χ4n) is 4.15. The molecule has 1 saturated carbocycles. The van der Waals surface area contributed by atoms with Crippen LogP contribution in [0.4, 0.5) is 0 Å². The van der Waals surface area contributed by atoms with E-state index in [2.05, 4.69) is 0 Å². The van der Waals surface area contributed by atoms with E-state index in [-0.39, 0.29) is 17.5 Å². The predicted molar refractivity (Wildman–Crippen MR) is 119 cm³/mol. The zero-order chi connectivity index (χ0) is 22.1. The number of halogens is 2. The van der Waals surface area contributed by atoms with E-state index in [1.807, 2.05) is 6.07 Å². The molecule has 2 aliphatic rings. The number of imide groups is 1. The maximum absolute atomic E-state index is 13.3. The van der Waals surface area contributed by atoms with E-state index in [0.29, 0.717) is 32.7 Å². The lowest BCUT2D eigenvalue weighted by Gasteiger charge is -2.36. The normalized spacial score (nSPS) is 19.3. The predicted octanol–water partition coefficient (Wildman–Crippen LogP) is 6.18. The average molecular weight is 455 g/mol. The molecule has 0 spiro atoms. The zero-order valence-corrected chi connectivity index (χ0v) is 18.5. The molecular formula is C24H20Cl2N2O3. The summed E-state index contributed by atoms with van der Waals surface area (Å²) in [5.41, 5.74) is 1.43. The summed E-state index contributed by atoms with van der Waals surface area (Å²) < 4.78 is 5.90. The largest absolute Gasteiger partial charge is 0.457 e. The van der Waals surface area contributed by atoms with Crippen LogP contribution in [0.1, 0.15) is 44.8 Å². The lowest BCUT2D eigenvalue weighted by atomic mass is 9.89. The maximum Gasteiger partial charge on any atom is 0.271 e. The first kappa shape index (κ1) is 21.4. The van der Waals surface area contributed by atoms with Crippen molar-refractivity contribution in [2.75, 3.05) is 0 Å². The van der Waals surface area contributed by atoms with Crippen molar-refractivity contribution in [1.82, 2.24) is 4.90 Å². The van der Waals surface area contributed by atoms with Gasteiger partial charge in [-0.05, 0) is 61.7 Å². The van der Waals surface area contributed by atoms with Crippen LogP contribution in [-0.2, 0) is 9.59 Å². The lowest BCUT2D eigenvalue weighted by Crippen LogP contribution is -2.49. The highest BCUT2D eigenvalue weighted by Crippen LogP contribution is 2.34. The Morgan fingerprint density at radius 2 is 1.81 bits per heavy atom. The van der Waals surface area contributed by atoms with Gasteiger partial charge in [0.1, 0.15) is 23.2 Å². The molecule has 7 heteroatoms. The van der Waals surface area contributed by atoms with E-state index in [1.165, 1.54) is 4.90 Å². The highest BCUT2D eigenvalue weighted by atomic mass is 35.5.